The molecule has 0 radical (unpaired) electrons. The molecule has 1 N–H and O–H groups in total. The zero-order chi connectivity index (χ0) is 11.5. The van der Waals surface area contributed by atoms with Crippen LogP contribution in [0, 0.1) is 0 Å². The number of benzene rings is 1. The summed E-state index contributed by atoms with van der Waals surface area (Å²) in [7, 11) is -3.92. The van der Waals surface area contributed by atoms with Gasteiger partial charge in [-0.3, -0.25) is 4.55 Å². The van der Waals surface area contributed by atoms with Crippen molar-refractivity contribution in [3.8, 4) is 0 Å². The lowest BCUT2D eigenvalue weighted by Crippen LogP contribution is -2.07. The van der Waals surface area contributed by atoms with Crippen LogP contribution in [0.5, 0.6) is 0 Å². The molecule has 1 aromatic carbocycles. The smallest absolute Gasteiger partial charge is 0.265 e. The van der Waals surface area contributed by atoms with Crippen LogP contribution >= 0.6 is 11.6 Å². The molecule has 0 atom stereocenters. The third-order valence-corrected chi connectivity index (χ3v) is 2.91. The number of hydrogen-bond donors (Lipinski definition) is 1. The van der Waals surface area contributed by atoms with Crippen LogP contribution in [0.15, 0.2) is 24.8 Å². The number of halogens is 1. The van der Waals surface area contributed by atoms with Crippen LogP contribution in [-0.4, -0.2) is 18.7 Å². The molecule has 0 saturated carbocycles. The monoisotopic (exact) mass is 246 g/mol. The Balaban J connectivity index is 2.90. The second kappa shape index (κ2) is 4.79. The van der Waals surface area contributed by atoms with Gasteiger partial charge >= 0.3 is 0 Å². The Bertz CT molecular complexity index is 466. The Hall–Kier alpha value is -0.840. The lowest BCUT2D eigenvalue weighted by molar-refractivity contribution is 0.482. The predicted molar refractivity (Wildman–Crippen MR) is 61.7 cm³/mol. The van der Waals surface area contributed by atoms with Crippen LogP contribution in [0.4, 0.5) is 0 Å². The minimum absolute atomic E-state index is 0.247. The molecule has 0 spiro atoms. The lowest BCUT2D eigenvalue weighted by atomic mass is 10.1. The Morgan fingerprint density at radius 3 is 2.67 bits per heavy atom. The Labute approximate surface area is 94.1 Å². The second-order valence-electron chi connectivity index (χ2n) is 3.08. The molecular formula is C10H11ClO3S. The van der Waals surface area contributed by atoms with E-state index in [4.69, 9.17) is 16.2 Å². The van der Waals surface area contributed by atoms with Crippen molar-refractivity contribution in [2.75, 3.05) is 5.75 Å². The summed E-state index contributed by atoms with van der Waals surface area (Å²) in [6.07, 6.45) is 1.85. The first-order valence-corrected chi connectivity index (χ1v) is 6.27. The molecule has 0 aromatic heterocycles. The van der Waals surface area contributed by atoms with Crippen molar-refractivity contribution in [2.45, 2.75) is 6.42 Å². The first-order chi connectivity index (χ1) is 6.92. The maximum Gasteiger partial charge on any atom is 0.265 e. The Morgan fingerprint density at radius 2 is 2.13 bits per heavy atom. The highest BCUT2D eigenvalue weighted by Crippen LogP contribution is 2.17. The van der Waals surface area contributed by atoms with E-state index >= 15 is 0 Å². The fourth-order valence-corrected chi connectivity index (χ4v) is 1.88. The zero-order valence-corrected chi connectivity index (χ0v) is 9.55. The molecule has 0 aliphatic heterocycles. The summed E-state index contributed by atoms with van der Waals surface area (Å²) in [5.74, 6) is -0.296. The third-order valence-electron chi connectivity index (χ3n) is 1.96. The van der Waals surface area contributed by atoms with Crippen molar-refractivity contribution in [2.24, 2.45) is 0 Å². The molecule has 0 aliphatic carbocycles. The molecule has 1 rings (SSSR count). The molecule has 0 bridgehead atoms. The highest BCUT2D eigenvalue weighted by molar-refractivity contribution is 7.85. The van der Waals surface area contributed by atoms with Crippen LogP contribution < -0.4 is 0 Å². The van der Waals surface area contributed by atoms with Crippen molar-refractivity contribution in [1.82, 2.24) is 0 Å². The summed E-state index contributed by atoms with van der Waals surface area (Å²) in [5.41, 5.74) is 1.58. The maximum atomic E-state index is 10.6. The largest absolute Gasteiger partial charge is 0.286 e. The third kappa shape index (κ3) is 4.03. The molecule has 0 heterocycles. The van der Waals surface area contributed by atoms with Crippen LogP contribution in [0.2, 0.25) is 5.02 Å². The summed E-state index contributed by atoms with van der Waals surface area (Å²) in [6, 6.07) is 5.10. The second-order valence-corrected chi connectivity index (χ2v) is 5.09. The molecule has 0 saturated heterocycles. The van der Waals surface area contributed by atoms with Gasteiger partial charge in [0, 0.05) is 5.02 Å². The van der Waals surface area contributed by atoms with Crippen molar-refractivity contribution in [3.63, 3.8) is 0 Å². The molecule has 0 unspecified atom stereocenters. The van der Waals surface area contributed by atoms with Gasteiger partial charge in [-0.05, 0) is 29.7 Å². The minimum atomic E-state index is -3.92. The van der Waals surface area contributed by atoms with E-state index in [0.717, 1.165) is 11.1 Å². The van der Waals surface area contributed by atoms with Crippen molar-refractivity contribution >= 4 is 27.8 Å². The van der Waals surface area contributed by atoms with Gasteiger partial charge in [0.05, 0.1) is 5.75 Å². The van der Waals surface area contributed by atoms with E-state index in [1.165, 1.54) is 0 Å². The van der Waals surface area contributed by atoms with Gasteiger partial charge in [-0.2, -0.15) is 8.42 Å². The van der Waals surface area contributed by atoms with Gasteiger partial charge in [-0.1, -0.05) is 30.3 Å². The molecule has 0 aliphatic rings. The standard InChI is InChI=1S/C10H11ClO3S/c1-2-8-7-10(11)4-3-9(8)5-6-15(12,13)14/h2-4,7H,1,5-6H2,(H,12,13,14). The van der Waals surface area contributed by atoms with Gasteiger partial charge in [0.2, 0.25) is 0 Å². The number of hydrogen-bond acceptors (Lipinski definition) is 2. The molecule has 3 nitrogen and oxygen atoms in total. The summed E-state index contributed by atoms with van der Waals surface area (Å²) >= 11 is 5.77. The van der Waals surface area contributed by atoms with Crippen LogP contribution in [0.25, 0.3) is 6.08 Å². The van der Waals surface area contributed by atoms with Crippen molar-refractivity contribution < 1.29 is 13.0 Å². The van der Waals surface area contributed by atoms with E-state index in [-0.39, 0.29) is 12.2 Å². The first-order valence-electron chi connectivity index (χ1n) is 4.28. The molecule has 0 amide bonds. The minimum Gasteiger partial charge on any atom is -0.286 e. The summed E-state index contributed by atoms with van der Waals surface area (Å²) in [6.45, 7) is 3.61. The zero-order valence-electron chi connectivity index (χ0n) is 7.98. The van der Waals surface area contributed by atoms with Crippen molar-refractivity contribution in [3.05, 3.63) is 40.9 Å². The normalized spacial score (nSPS) is 11.3. The summed E-state index contributed by atoms with van der Waals surface area (Å²) < 4.78 is 29.8. The molecule has 1 aromatic rings. The van der Waals surface area contributed by atoms with Crippen molar-refractivity contribution in [1.29, 1.82) is 0 Å². The maximum absolute atomic E-state index is 10.6. The molecule has 82 valence electrons. The van der Waals surface area contributed by atoms with E-state index in [9.17, 15) is 8.42 Å². The molecular weight excluding hydrogens is 236 g/mol. The summed E-state index contributed by atoms with van der Waals surface area (Å²) in [5, 5.41) is 0.570. The first kappa shape index (κ1) is 12.2. The van der Waals surface area contributed by atoms with Crippen LogP contribution in [-0.2, 0) is 16.5 Å². The van der Waals surface area contributed by atoms with E-state index in [1.54, 1.807) is 24.3 Å². The Kier molecular flexibility index (Phi) is 3.90. The number of rotatable bonds is 4. The van der Waals surface area contributed by atoms with E-state index < -0.39 is 10.1 Å². The molecule has 0 fully saturated rings. The van der Waals surface area contributed by atoms with Gasteiger partial charge in [0.15, 0.2) is 0 Å². The average Bonchev–Trinajstić information content (AvgIpc) is 2.14. The van der Waals surface area contributed by atoms with E-state index in [1.807, 2.05) is 0 Å². The van der Waals surface area contributed by atoms with Gasteiger partial charge in [0.1, 0.15) is 0 Å². The van der Waals surface area contributed by atoms with E-state index in [0.29, 0.717) is 5.02 Å². The SMILES string of the molecule is C=Cc1cc(Cl)ccc1CCS(=O)(=O)O. The molecule has 5 heteroatoms. The summed E-state index contributed by atoms with van der Waals surface area (Å²) in [4.78, 5) is 0. The lowest BCUT2D eigenvalue weighted by Gasteiger charge is -2.05. The predicted octanol–water partition coefficient (Wildman–Crippen LogP) is 2.41. The van der Waals surface area contributed by atoms with Gasteiger partial charge in [-0.15, -0.1) is 0 Å². The quantitative estimate of drug-likeness (QED) is 0.830. The topological polar surface area (TPSA) is 54.4 Å². The van der Waals surface area contributed by atoms with Crippen LogP contribution in [0.3, 0.4) is 0 Å². The van der Waals surface area contributed by atoms with Gasteiger partial charge < -0.3 is 0 Å². The van der Waals surface area contributed by atoms with Crippen LogP contribution in [0.1, 0.15) is 11.1 Å². The molecule has 15 heavy (non-hydrogen) atoms. The Morgan fingerprint density at radius 1 is 1.47 bits per heavy atom. The average molecular weight is 247 g/mol. The number of aryl methyl sites for hydroxylation is 1. The fourth-order valence-electron chi connectivity index (χ4n) is 1.22. The fraction of sp³-hybridized carbons (Fsp3) is 0.200. The highest BCUT2D eigenvalue weighted by atomic mass is 35.5. The van der Waals surface area contributed by atoms with Gasteiger partial charge in [-0.25, -0.2) is 0 Å². The van der Waals surface area contributed by atoms with E-state index in [2.05, 4.69) is 6.58 Å². The highest BCUT2D eigenvalue weighted by Gasteiger charge is 2.07. The van der Waals surface area contributed by atoms with Gasteiger partial charge in [0.25, 0.3) is 10.1 Å².